The summed E-state index contributed by atoms with van der Waals surface area (Å²) in [6.07, 6.45) is 3.94. The molecule has 0 aliphatic heterocycles. The fraction of sp³-hybridized carbons (Fsp3) is 0.300. The zero-order chi connectivity index (χ0) is 18.0. The van der Waals surface area contributed by atoms with E-state index in [4.69, 9.17) is 10.3 Å². The lowest BCUT2D eigenvalue weighted by molar-refractivity contribution is 0.351. The molecule has 4 nitrogen and oxygen atoms in total. The molecular weight excluding hydrogens is 385 g/mol. The van der Waals surface area contributed by atoms with E-state index in [1.54, 1.807) is 23.9 Å². The number of aromatic nitrogens is 2. The fourth-order valence-corrected chi connectivity index (χ4v) is 4.37. The van der Waals surface area contributed by atoms with E-state index in [1.807, 2.05) is 30.3 Å². The molecule has 0 saturated heterocycles. The van der Waals surface area contributed by atoms with Crippen LogP contribution in [0.4, 0.5) is 4.39 Å². The summed E-state index contributed by atoms with van der Waals surface area (Å²) in [4.78, 5) is 5.59. The largest absolute Gasteiger partial charge is 0.338 e. The van der Waals surface area contributed by atoms with Gasteiger partial charge in [-0.25, -0.2) is 4.39 Å². The summed E-state index contributed by atoms with van der Waals surface area (Å²) in [6, 6.07) is 16.4. The minimum Gasteiger partial charge on any atom is -0.338 e. The zero-order valence-electron chi connectivity index (χ0n) is 14.7. The van der Waals surface area contributed by atoms with Crippen molar-refractivity contribution in [2.75, 3.05) is 0 Å². The van der Waals surface area contributed by atoms with Gasteiger partial charge >= 0.3 is 0 Å². The number of rotatable bonds is 5. The molecule has 7 heteroatoms. The van der Waals surface area contributed by atoms with Gasteiger partial charge in [0.25, 0.3) is 0 Å². The third kappa shape index (κ3) is 4.34. The molecule has 27 heavy (non-hydrogen) atoms. The monoisotopic (exact) mass is 405 g/mol. The Morgan fingerprint density at radius 1 is 1.04 bits per heavy atom. The molecule has 1 saturated carbocycles. The van der Waals surface area contributed by atoms with E-state index in [1.165, 1.54) is 12.1 Å². The minimum atomic E-state index is -0.483. The highest BCUT2D eigenvalue weighted by Crippen LogP contribution is 2.41. The van der Waals surface area contributed by atoms with Gasteiger partial charge in [-0.3, -0.25) is 0 Å². The number of thioether (sulfide) groups is 1. The molecule has 3 aromatic rings. The van der Waals surface area contributed by atoms with E-state index >= 15 is 0 Å². The summed E-state index contributed by atoms with van der Waals surface area (Å²) in [5.74, 6) is 0.861. The van der Waals surface area contributed by atoms with Gasteiger partial charge in [0.05, 0.1) is 5.54 Å². The number of hydrogen-bond donors (Lipinski definition) is 1. The van der Waals surface area contributed by atoms with Crippen LogP contribution in [0.15, 0.2) is 64.0 Å². The maximum Gasteiger partial charge on any atom is 0.244 e. The number of nitrogens with two attached hydrogens (primary N) is 1. The summed E-state index contributed by atoms with van der Waals surface area (Å²) in [5.41, 5.74) is 7.04. The molecule has 1 aliphatic rings. The first-order valence-electron chi connectivity index (χ1n) is 8.74. The Morgan fingerprint density at radius 3 is 2.37 bits per heavy atom. The standard InChI is InChI=1S/C20H20FN3OS.ClH/c21-15-8-10-16(11-9-15)26-17(14-6-2-1-3-7-14)18-23-19(24-25-18)20(22)12-4-5-13-20;/h1-3,6-11,17H,4-5,12-13,22H2;1H. The van der Waals surface area contributed by atoms with Crippen LogP contribution in [0.25, 0.3) is 0 Å². The second kappa shape index (κ2) is 8.42. The first-order chi connectivity index (χ1) is 12.6. The van der Waals surface area contributed by atoms with Crippen molar-refractivity contribution in [3.63, 3.8) is 0 Å². The number of benzene rings is 2. The Morgan fingerprint density at radius 2 is 1.70 bits per heavy atom. The van der Waals surface area contributed by atoms with Crippen LogP contribution < -0.4 is 5.73 Å². The van der Waals surface area contributed by atoms with Gasteiger partial charge in [0.1, 0.15) is 11.1 Å². The highest BCUT2D eigenvalue weighted by molar-refractivity contribution is 7.99. The van der Waals surface area contributed by atoms with Gasteiger partial charge in [0, 0.05) is 4.90 Å². The van der Waals surface area contributed by atoms with Crippen LogP contribution in [0.1, 0.15) is 48.2 Å². The van der Waals surface area contributed by atoms with Crippen LogP contribution in [0.5, 0.6) is 0 Å². The van der Waals surface area contributed by atoms with Gasteiger partial charge in [-0.15, -0.1) is 24.2 Å². The molecule has 0 radical (unpaired) electrons. The lowest BCUT2D eigenvalue weighted by atomic mass is 9.99. The normalized spacial score (nSPS) is 16.7. The molecule has 0 bridgehead atoms. The molecule has 4 rings (SSSR count). The molecule has 2 N–H and O–H groups in total. The van der Waals surface area contributed by atoms with Crippen molar-refractivity contribution in [1.29, 1.82) is 0 Å². The lowest BCUT2D eigenvalue weighted by Crippen LogP contribution is -2.34. The molecule has 0 spiro atoms. The van der Waals surface area contributed by atoms with Crippen LogP contribution in [-0.4, -0.2) is 10.1 Å². The summed E-state index contributed by atoms with van der Waals surface area (Å²) in [5, 5.41) is 4.01. The Bertz CT molecular complexity index is 866. The maximum atomic E-state index is 13.2. The smallest absolute Gasteiger partial charge is 0.244 e. The van der Waals surface area contributed by atoms with E-state index in [9.17, 15) is 4.39 Å². The average Bonchev–Trinajstić information content (AvgIpc) is 3.32. The van der Waals surface area contributed by atoms with Crippen molar-refractivity contribution in [3.05, 3.63) is 77.7 Å². The molecular formula is C20H21ClFN3OS. The molecule has 1 aliphatic carbocycles. The number of halogens is 2. The summed E-state index contributed by atoms with van der Waals surface area (Å²) in [6.45, 7) is 0. The Balaban J connectivity index is 0.00000210. The van der Waals surface area contributed by atoms with Gasteiger partial charge in [-0.05, 0) is 42.7 Å². The third-order valence-electron chi connectivity index (χ3n) is 4.78. The molecule has 2 aromatic carbocycles. The van der Waals surface area contributed by atoms with Gasteiger partial charge in [-0.2, -0.15) is 4.98 Å². The quantitative estimate of drug-likeness (QED) is 0.588. The highest BCUT2D eigenvalue weighted by Gasteiger charge is 2.37. The van der Waals surface area contributed by atoms with Crippen molar-refractivity contribution in [2.45, 2.75) is 41.4 Å². The van der Waals surface area contributed by atoms with Crippen LogP contribution in [0, 0.1) is 5.82 Å². The number of nitrogens with zero attached hydrogens (tertiary/aromatic N) is 2. The molecule has 1 aromatic heterocycles. The Hall–Kier alpha value is -1.89. The van der Waals surface area contributed by atoms with Crippen molar-refractivity contribution in [2.24, 2.45) is 5.73 Å². The molecule has 1 atom stereocenters. The average molecular weight is 406 g/mol. The van der Waals surface area contributed by atoms with Crippen molar-refractivity contribution < 1.29 is 8.91 Å². The molecule has 1 unspecified atom stereocenters. The third-order valence-corrected chi connectivity index (χ3v) is 6.03. The van der Waals surface area contributed by atoms with Crippen LogP contribution in [0.3, 0.4) is 0 Å². The number of hydrogen-bond acceptors (Lipinski definition) is 5. The SMILES string of the molecule is Cl.NC1(c2noc(C(Sc3ccc(F)cc3)c3ccccc3)n2)CCCC1. The van der Waals surface area contributed by atoms with E-state index in [0.29, 0.717) is 11.7 Å². The lowest BCUT2D eigenvalue weighted by Gasteiger charge is -2.18. The molecule has 1 heterocycles. The molecule has 0 amide bonds. The van der Waals surface area contributed by atoms with E-state index in [-0.39, 0.29) is 23.5 Å². The summed E-state index contributed by atoms with van der Waals surface area (Å²) < 4.78 is 18.8. The van der Waals surface area contributed by atoms with Crippen LogP contribution >= 0.6 is 24.2 Å². The fourth-order valence-electron chi connectivity index (χ4n) is 3.31. The Kier molecular flexibility index (Phi) is 6.19. The maximum absolute atomic E-state index is 13.2. The minimum absolute atomic E-state index is 0. The predicted octanol–water partition coefficient (Wildman–Crippen LogP) is 5.24. The van der Waals surface area contributed by atoms with Gasteiger partial charge in [-0.1, -0.05) is 48.3 Å². The summed E-state index contributed by atoms with van der Waals surface area (Å²) in [7, 11) is 0. The summed E-state index contributed by atoms with van der Waals surface area (Å²) >= 11 is 1.55. The highest BCUT2D eigenvalue weighted by atomic mass is 35.5. The van der Waals surface area contributed by atoms with Crippen LogP contribution in [0.2, 0.25) is 0 Å². The first-order valence-corrected chi connectivity index (χ1v) is 9.62. The van der Waals surface area contributed by atoms with Gasteiger partial charge in [0.15, 0.2) is 5.82 Å². The first kappa shape index (κ1) is 19.9. The van der Waals surface area contributed by atoms with E-state index < -0.39 is 5.54 Å². The Labute approximate surface area is 168 Å². The van der Waals surface area contributed by atoms with Gasteiger partial charge in [0.2, 0.25) is 5.89 Å². The zero-order valence-corrected chi connectivity index (χ0v) is 16.3. The topological polar surface area (TPSA) is 64.9 Å². The van der Waals surface area contributed by atoms with Crippen LogP contribution in [-0.2, 0) is 5.54 Å². The van der Waals surface area contributed by atoms with Gasteiger partial charge < -0.3 is 10.3 Å². The van der Waals surface area contributed by atoms with Crippen molar-refractivity contribution in [3.8, 4) is 0 Å². The van der Waals surface area contributed by atoms with E-state index in [0.717, 1.165) is 36.1 Å². The van der Waals surface area contributed by atoms with Crippen molar-refractivity contribution >= 4 is 24.2 Å². The second-order valence-corrected chi connectivity index (χ2v) is 7.86. The van der Waals surface area contributed by atoms with Crippen molar-refractivity contribution in [1.82, 2.24) is 10.1 Å². The molecule has 142 valence electrons. The second-order valence-electron chi connectivity index (χ2n) is 6.68. The van der Waals surface area contributed by atoms with E-state index in [2.05, 4.69) is 10.1 Å². The molecule has 1 fully saturated rings. The predicted molar refractivity (Wildman–Crippen MR) is 106 cm³/mol.